The quantitative estimate of drug-likeness (QED) is 0.842. The number of hydrogen-bond donors (Lipinski definition) is 1. The van der Waals surface area contributed by atoms with Gasteiger partial charge in [-0.3, -0.25) is 9.67 Å². The molecule has 4 heteroatoms. The van der Waals surface area contributed by atoms with Gasteiger partial charge >= 0.3 is 0 Å². The molecule has 0 fully saturated rings. The van der Waals surface area contributed by atoms with Crippen LogP contribution in [0.5, 0.6) is 0 Å². The second-order valence-corrected chi connectivity index (χ2v) is 4.89. The largest absolute Gasteiger partial charge is 0.311 e. The molecule has 2 aromatic rings. The standard InChI is InChI=1S/C16H24N4/c1-4-13-10-16(5-2)20(19-13)12-15-9-7-8-14(18-15)11-17-6-3/h7-10,17H,4-6,11-12H2,1-3H3. The highest BCUT2D eigenvalue weighted by molar-refractivity contribution is 5.15. The molecular weight excluding hydrogens is 248 g/mol. The van der Waals surface area contributed by atoms with Crippen LogP contribution in [0.25, 0.3) is 0 Å². The van der Waals surface area contributed by atoms with E-state index in [0.29, 0.717) is 0 Å². The normalized spacial score (nSPS) is 10.9. The van der Waals surface area contributed by atoms with Gasteiger partial charge in [0.2, 0.25) is 0 Å². The van der Waals surface area contributed by atoms with E-state index in [0.717, 1.165) is 49.6 Å². The topological polar surface area (TPSA) is 42.7 Å². The Morgan fingerprint density at radius 2 is 1.85 bits per heavy atom. The number of aryl methyl sites for hydroxylation is 2. The molecule has 0 atom stereocenters. The predicted molar refractivity (Wildman–Crippen MR) is 81.7 cm³/mol. The average molecular weight is 272 g/mol. The number of nitrogens with one attached hydrogen (secondary N) is 1. The van der Waals surface area contributed by atoms with Gasteiger partial charge in [0.1, 0.15) is 0 Å². The second kappa shape index (κ2) is 7.20. The van der Waals surface area contributed by atoms with E-state index in [4.69, 9.17) is 4.98 Å². The first-order chi connectivity index (χ1) is 9.76. The minimum Gasteiger partial charge on any atom is -0.311 e. The van der Waals surface area contributed by atoms with Crippen LogP contribution in [0.3, 0.4) is 0 Å². The summed E-state index contributed by atoms with van der Waals surface area (Å²) in [7, 11) is 0. The van der Waals surface area contributed by atoms with Crippen LogP contribution < -0.4 is 5.32 Å². The summed E-state index contributed by atoms with van der Waals surface area (Å²) >= 11 is 0. The molecule has 108 valence electrons. The monoisotopic (exact) mass is 272 g/mol. The molecule has 0 saturated carbocycles. The van der Waals surface area contributed by atoms with Crippen LogP contribution in [-0.4, -0.2) is 21.3 Å². The van der Waals surface area contributed by atoms with E-state index in [1.165, 1.54) is 5.69 Å². The molecular formula is C16H24N4. The molecule has 0 aliphatic heterocycles. The Bertz CT molecular complexity index is 545. The zero-order valence-corrected chi connectivity index (χ0v) is 12.7. The van der Waals surface area contributed by atoms with Crippen molar-refractivity contribution in [3.8, 4) is 0 Å². The van der Waals surface area contributed by atoms with Crippen molar-refractivity contribution >= 4 is 0 Å². The molecule has 4 nitrogen and oxygen atoms in total. The first-order valence-corrected chi connectivity index (χ1v) is 7.47. The SMILES string of the molecule is CCNCc1cccc(Cn2nc(CC)cc2CC)n1. The maximum atomic E-state index is 4.69. The Balaban J connectivity index is 2.14. The van der Waals surface area contributed by atoms with Gasteiger partial charge in [-0.1, -0.05) is 26.8 Å². The Morgan fingerprint density at radius 3 is 2.55 bits per heavy atom. The third kappa shape index (κ3) is 3.67. The maximum absolute atomic E-state index is 4.69. The van der Waals surface area contributed by atoms with Gasteiger partial charge in [0.05, 0.1) is 23.6 Å². The highest BCUT2D eigenvalue weighted by atomic mass is 15.3. The molecule has 0 aliphatic rings. The fraction of sp³-hybridized carbons (Fsp3) is 0.500. The van der Waals surface area contributed by atoms with Crippen molar-refractivity contribution in [2.24, 2.45) is 0 Å². The molecule has 0 unspecified atom stereocenters. The fourth-order valence-electron chi connectivity index (χ4n) is 2.23. The summed E-state index contributed by atoms with van der Waals surface area (Å²) < 4.78 is 2.08. The van der Waals surface area contributed by atoms with E-state index in [9.17, 15) is 0 Å². The van der Waals surface area contributed by atoms with Crippen molar-refractivity contribution in [1.29, 1.82) is 0 Å². The number of rotatable bonds is 7. The molecule has 0 radical (unpaired) electrons. The number of nitrogens with zero attached hydrogens (tertiary/aromatic N) is 3. The van der Waals surface area contributed by atoms with Crippen LogP contribution in [0.4, 0.5) is 0 Å². The lowest BCUT2D eigenvalue weighted by Crippen LogP contribution is -2.14. The Labute approximate surface area is 121 Å². The Hall–Kier alpha value is -1.68. The second-order valence-electron chi connectivity index (χ2n) is 4.89. The molecule has 0 aromatic carbocycles. The third-order valence-corrected chi connectivity index (χ3v) is 3.37. The Morgan fingerprint density at radius 1 is 1.05 bits per heavy atom. The number of pyridine rings is 1. The van der Waals surface area contributed by atoms with Crippen LogP contribution in [0.2, 0.25) is 0 Å². The molecule has 0 amide bonds. The zero-order valence-electron chi connectivity index (χ0n) is 12.7. The van der Waals surface area contributed by atoms with E-state index in [1.807, 2.05) is 0 Å². The third-order valence-electron chi connectivity index (χ3n) is 3.37. The molecule has 0 saturated heterocycles. The van der Waals surface area contributed by atoms with Crippen LogP contribution >= 0.6 is 0 Å². The molecule has 0 spiro atoms. The molecule has 2 heterocycles. The first-order valence-electron chi connectivity index (χ1n) is 7.47. The summed E-state index contributed by atoms with van der Waals surface area (Å²) in [6.45, 7) is 8.95. The van der Waals surface area contributed by atoms with Gasteiger partial charge in [0, 0.05) is 12.2 Å². The van der Waals surface area contributed by atoms with E-state index < -0.39 is 0 Å². The summed E-state index contributed by atoms with van der Waals surface area (Å²) in [6, 6.07) is 8.41. The van der Waals surface area contributed by atoms with Crippen LogP contribution in [0.1, 0.15) is 43.5 Å². The summed E-state index contributed by atoms with van der Waals surface area (Å²) in [5.41, 5.74) is 4.59. The van der Waals surface area contributed by atoms with Gasteiger partial charge in [0.25, 0.3) is 0 Å². The zero-order chi connectivity index (χ0) is 14.4. The van der Waals surface area contributed by atoms with Crippen molar-refractivity contribution in [2.45, 2.75) is 46.7 Å². The van der Waals surface area contributed by atoms with Gasteiger partial charge < -0.3 is 5.32 Å². The maximum Gasteiger partial charge on any atom is 0.0834 e. The predicted octanol–water partition coefficient (Wildman–Crippen LogP) is 2.56. The molecule has 0 bridgehead atoms. The molecule has 1 N–H and O–H groups in total. The van der Waals surface area contributed by atoms with Crippen LogP contribution in [0.15, 0.2) is 24.3 Å². The molecule has 2 rings (SSSR count). The summed E-state index contributed by atoms with van der Waals surface area (Å²) in [5.74, 6) is 0. The fourth-order valence-corrected chi connectivity index (χ4v) is 2.23. The van der Waals surface area contributed by atoms with Gasteiger partial charge in [-0.05, 0) is 37.6 Å². The van der Waals surface area contributed by atoms with Crippen molar-refractivity contribution in [1.82, 2.24) is 20.1 Å². The van der Waals surface area contributed by atoms with Crippen molar-refractivity contribution in [2.75, 3.05) is 6.54 Å². The molecule has 2 aromatic heterocycles. The van der Waals surface area contributed by atoms with Crippen molar-refractivity contribution in [3.05, 3.63) is 47.0 Å². The van der Waals surface area contributed by atoms with Gasteiger partial charge in [-0.25, -0.2) is 0 Å². The average Bonchev–Trinajstić information content (AvgIpc) is 2.87. The van der Waals surface area contributed by atoms with Gasteiger partial charge in [0.15, 0.2) is 0 Å². The minimum atomic E-state index is 0.753. The Kier molecular flexibility index (Phi) is 5.30. The van der Waals surface area contributed by atoms with Gasteiger partial charge in [-0.15, -0.1) is 0 Å². The summed E-state index contributed by atoms with van der Waals surface area (Å²) in [5, 5.41) is 7.95. The van der Waals surface area contributed by atoms with E-state index in [-0.39, 0.29) is 0 Å². The van der Waals surface area contributed by atoms with Crippen LogP contribution in [-0.2, 0) is 25.9 Å². The summed E-state index contributed by atoms with van der Waals surface area (Å²) in [4.78, 5) is 4.69. The lowest BCUT2D eigenvalue weighted by molar-refractivity contribution is 0.623. The molecule has 20 heavy (non-hydrogen) atoms. The molecule has 0 aliphatic carbocycles. The highest BCUT2D eigenvalue weighted by Gasteiger charge is 2.07. The van der Waals surface area contributed by atoms with E-state index in [1.54, 1.807) is 0 Å². The number of hydrogen-bond acceptors (Lipinski definition) is 3. The summed E-state index contributed by atoms with van der Waals surface area (Å²) in [6.07, 6.45) is 1.98. The van der Waals surface area contributed by atoms with E-state index in [2.05, 4.69) is 60.1 Å². The van der Waals surface area contributed by atoms with Crippen LogP contribution in [0, 0.1) is 0 Å². The van der Waals surface area contributed by atoms with Crippen molar-refractivity contribution < 1.29 is 0 Å². The van der Waals surface area contributed by atoms with Crippen molar-refractivity contribution in [3.63, 3.8) is 0 Å². The lowest BCUT2D eigenvalue weighted by atomic mass is 10.2. The first kappa shape index (κ1) is 14.7. The lowest BCUT2D eigenvalue weighted by Gasteiger charge is -2.07. The highest BCUT2D eigenvalue weighted by Crippen LogP contribution is 2.09. The number of aromatic nitrogens is 3. The minimum absolute atomic E-state index is 0.753. The smallest absolute Gasteiger partial charge is 0.0834 e. The van der Waals surface area contributed by atoms with Gasteiger partial charge in [-0.2, -0.15) is 5.10 Å². The van der Waals surface area contributed by atoms with E-state index >= 15 is 0 Å².